The van der Waals surface area contributed by atoms with Gasteiger partial charge in [-0.2, -0.15) is 5.10 Å². The maximum absolute atomic E-state index is 5.68. The standard InChI is InChI=1S/C9H18N4/c1-7(2)13-9(11-6-12-13)5-4-8(3)10/h6-8H,4-5,10H2,1-3H3. The zero-order valence-electron chi connectivity index (χ0n) is 8.57. The molecule has 2 N–H and O–H groups in total. The molecule has 0 saturated carbocycles. The molecule has 0 aliphatic rings. The minimum absolute atomic E-state index is 0.234. The zero-order chi connectivity index (χ0) is 9.84. The molecule has 0 fully saturated rings. The first-order valence-corrected chi connectivity index (χ1v) is 4.75. The molecular formula is C9H18N4. The molecule has 4 heteroatoms. The van der Waals surface area contributed by atoms with Crippen molar-refractivity contribution >= 4 is 0 Å². The van der Waals surface area contributed by atoms with Crippen molar-refractivity contribution in [3.05, 3.63) is 12.2 Å². The first-order valence-electron chi connectivity index (χ1n) is 4.75. The van der Waals surface area contributed by atoms with Crippen LogP contribution in [0.25, 0.3) is 0 Å². The molecule has 0 amide bonds. The van der Waals surface area contributed by atoms with Gasteiger partial charge in [-0.15, -0.1) is 0 Å². The largest absolute Gasteiger partial charge is 0.328 e. The summed E-state index contributed by atoms with van der Waals surface area (Å²) in [6, 6.07) is 0.614. The van der Waals surface area contributed by atoms with Gasteiger partial charge in [-0.25, -0.2) is 9.67 Å². The van der Waals surface area contributed by atoms with Crippen molar-refractivity contribution < 1.29 is 0 Å². The Morgan fingerprint density at radius 2 is 2.15 bits per heavy atom. The Bertz CT molecular complexity index is 252. The van der Waals surface area contributed by atoms with Crippen molar-refractivity contribution in [3.8, 4) is 0 Å². The Morgan fingerprint density at radius 1 is 1.46 bits per heavy atom. The summed E-state index contributed by atoms with van der Waals surface area (Å²) in [4.78, 5) is 4.21. The molecule has 0 aliphatic heterocycles. The SMILES string of the molecule is CC(N)CCc1ncnn1C(C)C. The molecule has 0 spiro atoms. The smallest absolute Gasteiger partial charge is 0.138 e. The lowest BCUT2D eigenvalue weighted by atomic mass is 10.2. The molecule has 4 nitrogen and oxygen atoms in total. The van der Waals surface area contributed by atoms with E-state index in [0.29, 0.717) is 6.04 Å². The molecular weight excluding hydrogens is 164 g/mol. The molecule has 1 rings (SSSR count). The maximum Gasteiger partial charge on any atom is 0.138 e. The molecule has 0 saturated heterocycles. The molecule has 1 aromatic rings. The van der Waals surface area contributed by atoms with Crippen molar-refractivity contribution in [2.75, 3.05) is 0 Å². The molecule has 1 atom stereocenters. The van der Waals surface area contributed by atoms with Crippen LogP contribution in [-0.2, 0) is 6.42 Å². The van der Waals surface area contributed by atoms with E-state index >= 15 is 0 Å². The highest BCUT2D eigenvalue weighted by molar-refractivity contribution is 4.87. The van der Waals surface area contributed by atoms with E-state index in [4.69, 9.17) is 5.73 Å². The Morgan fingerprint density at radius 3 is 2.69 bits per heavy atom. The van der Waals surface area contributed by atoms with E-state index < -0.39 is 0 Å². The summed E-state index contributed by atoms with van der Waals surface area (Å²) in [7, 11) is 0. The lowest BCUT2D eigenvalue weighted by Gasteiger charge is -2.09. The van der Waals surface area contributed by atoms with Gasteiger partial charge in [-0.05, 0) is 27.2 Å². The van der Waals surface area contributed by atoms with Gasteiger partial charge in [-0.1, -0.05) is 0 Å². The predicted molar refractivity (Wildman–Crippen MR) is 52.4 cm³/mol. The number of nitrogens with two attached hydrogens (primary N) is 1. The second kappa shape index (κ2) is 4.37. The Hall–Kier alpha value is -0.900. The van der Waals surface area contributed by atoms with Gasteiger partial charge in [0.25, 0.3) is 0 Å². The third-order valence-corrected chi connectivity index (χ3v) is 1.96. The average Bonchev–Trinajstić information content (AvgIpc) is 2.47. The number of rotatable bonds is 4. The van der Waals surface area contributed by atoms with Crippen LogP contribution in [0.4, 0.5) is 0 Å². The predicted octanol–water partition coefficient (Wildman–Crippen LogP) is 1.14. The maximum atomic E-state index is 5.68. The van der Waals surface area contributed by atoms with Crippen LogP contribution in [0.5, 0.6) is 0 Å². The third-order valence-electron chi connectivity index (χ3n) is 1.96. The minimum Gasteiger partial charge on any atom is -0.328 e. The van der Waals surface area contributed by atoms with Crippen LogP contribution in [0.1, 0.15) is 39.1 Å². The highest BCUT2D eigenvalue weighted by Gasteiger charge is 2.07. The zero-order valence-corrected chi connectivity index (χ0v) is 8.57. The summed E-state index contributed by atoms with van der Waals surface area (Å²) >= 11 is 0. The van der Waals surface area contributed by atoms with Crippen LogP contribution in [0.2, 0.25) is 0 Å². The van der Waals surface area contributed by atoms with E-state index in [-0.39, 0.29) is 6.04 Å². The molecule has 1 unspecified atom stereocenters. The van der Waals surface area contributed by atoms with Gasteiger partial charge < -0.3 is 5.73 Å². The fourth-order valence-corrected chi connectivity index (χ4v) is 1.24. The van der Waals surface area contributed by atoms with Gasteiger partial charge >= 0.3 is 0 Å². The van der Waals surface area contributed by atoms with Gasteiger partial charge in [0.1, 0.15) is 12.2 Å². The molecule has 0 bridgehead atoms. The van der Waals surface area contributed by atoms with E-state index in [9.17, 15) is 0 Å². The summed E-state index contributed by atoms with van der Waals surface area (Å²) in [6.45, 7) is 6.21. The monoisotopic (exact) mass is 182 g/mol. The normalized spacial score (nSPS) is 13.6. The number of hydrogen-bond donors (Lipinski definition) is 1. The first-order chi connectivity index (χ1) is 6.11. The summed E-state index contributed by atoms with van der Waals surface area (Å²) in [5.74, 6) is 1.03. The lowest BCUT2D eigenvalue weighted by Crippen LogP contribution is -2.17. The van der Waals surface area contributed by atoms with Crippen LogP contribution >= 0.6 is 0 Å². The van der Waals surface area contributed by atoms with Crippen molar-refractivity contribution in [2.45, 2.75) is 45.7 Å². The van der Waals surface area contributed by atoms with E-state index in [2.05, 4.69) is 23.9 Å². The van der Waals surface area contributed by atoms with E-state index in [0.717, 1.165) is 18.7 Å². The first kappa shape index (κ1) is 10.2. The highest BCUT2D eigenvalue weighted by Crippen LogP contribution is 2.07. The van der Waals surface area contributed by atoms with Gasteiger partial charge in [0, 0.05) is 18.5 Å². The number of aromatic nitrogens is 3. The van der Waals surface area contributed by atoms with Crippen molar-refractivity contribution in [1.29, 1.82) is 0 Å². The quantitative estimate of drug-likeness (QED) is 0.759. The molecule has 0 radical (unpaired) electrons. The van der Waals surface area contributed by atoms with Gasteiger partial charge in [-0.3, -0.25) is 0 Å². The number of hydrogen-bond acceptors (Lipinski definition) is 3. The Kier molecular flexibility index (Phi) is 3.42. The average molecular weight is 182 g/mol. The topological polar surface area (TPSA) is 56.7 Å². The fraction of sp³-hybridized carbons (Fsp3) is 0.778. The Balaban J connectivity index is 2.60. The molecule has 0 aromatic carbocycles. The third kappa shape index (κ3) is 2.81. The molecule has 1 aromatic heterocycles. The van der Waals surface area contributed by atoms with Crippen molar-refractivity contribution in [3.63, 3.8) is 0 Å². The summed E-state index contributed by atoms with van der Waals surface area (Å²) in [5, 5.41) is 4.16. The van der Waals surface area contributed by atoms with E-state index in [1.807, 2.05) is 11.6 Å². The highest BCUT2D eigenvalue weighted by atomic mass is 15.3. The minimum atomic E-state index is 0.234. The van der Waals surface area contributed by atoms with Gasteiger partial charge in [0.15, 0.2) is 0 Å². The number of aryl methyl sites for hydroxylation is 1. The van der Waals surface area contributed by atoms with Crippen LogP contribution in [0.3, 0.4) is 0 Å². The summed E-state index contributed by atoms with van der Waals surface area (Å²) in [6.07, 6.45) is 3.48. The molecule has 1 heterocycles. The van der Waals surface area contributed by atoms with Crippen molar-refractivity contribution in [1.82, 2.24) is 14.8 Å². The van der Waals surface area contributed by atoms with Crippen LogP contribution < -0.4 is 5.73 Å². The van der Waals surface area contributed by atoms with Crippen LogP contribution in [0.15, 0.2) is 6.33 Å². The second-order valence-corrected chi connectivity index (χ2v) is 3.73. The fourth-order valence-electron chi connectivity index (χ4n) is 1.24. The van der Waals surface area contributed by atoms with Gasteiger partial charge in [0.2, 0.25) is 0 Å². The molecule has 0 aliphatic carbocycles. The summed E-state index contributed by atoms with van der Waals surface area (Å²) in [5.41, 5.74) is 5.68. The van der Waals surface area contributed by atoms with Gasteiger partial charge in [0.05, 0.1) is 0 Å². The second-order valence-electron chi connectivity index (χ2n) is 3.73. The van der Waals surface area contributed by atoms with E-state index in [1.54, 1.807) is 6.33 Å². The molecule has 13 heavy (non-hydrogen) atoms. The summed E-state index contributed by atoms with van der Waals surface area (Å²) < 4.78 is 1.95. The lowest BCUT2D eigenvalue weighted by molar-refractivity contribution is 0.494. The van der Waals surface area contributed by atoms with E-state index in [1.165, 1.54) is 0 Å². The number of nitrogens with zero attached hydrogens (tertiary/aromatic N) is 3. The Labute approximate surface area is 79.2 Å². The van der Waals surface area contributed by atoms with Crippen LogP contribution in [-0.4, -0.2) is 20.8 Å². The molecule has 74 valence electrons. The van der Waals surface area contributed by atoms with Crippen LogP contribution in [0, 0.1) is 0 Å². The van der Waals surface area contributed by atoms with Crippen molar-refractivity contribution in [2.24, 2.45) is 5.73 Å².